The van der Waals surface area contributed by atoms with Crippen molar-refractivity contribution in [3.8, 4) is 0 Å². The largest absolute Gasteiger partial charge is 0.350 e. The first-order valence-corrected chi connectivity index (χ1v) is 10.4. The number of carbonyl (C=O) groups excluding carboxylic acids is 1. The first-order valence-electron chi connectivity index (χ1n) is 9.48. The molecule has 148 valence electrons. The highest BCUT2D eigenvalue weighted by atomic mass is 32.1. The number of rotatable bonds is 6. The number of nitro groups is 1. The van der Waals surface area contributed by atoms with Crippen LogP contribution < -0.4 is 5.32 Å². The van der Waals surface area contributed by atoms with Crippen LogP contribution in [0, 0.1) is 10.1 Å². The molecule has 1 atom stereocenters. The van der Waals surface area contributed by atoms with E-state index in [9.17, 15) is 14.9 Å². The Labute approximate surface area is 172 Å². The lowest BCUT2D eigenvalue weighted by atomic mass is 9.97. The molecule has 0 bridgehead atoms. The van der Waals surface area contributed by atoms with E-state index in [1.54, 1.807) is 23.5 Å². The fourth-order valence-electron chi connectivity index (χ4n) is 3.82. The van der Waals surface area contributed by atoms with Crippen LogP contribution in [0.2, 0.25) is 0 Å². The Morgan fingerprint density at radius 1 is 1.14 bits per heavy atom. The molecule has 0 radical (unpaired) electrons. The molecular formula is C22H21N3O3S. The van der Waals surface area contributed by atoms with Crippen LogP contribution in [-0.4, -0.2) is 28.8 Å². The molecule has 2 aromatic carbocycles. The third-order valence-electron chi connectivity index (χ3n) is 5.33. The van der Waals surface area contributed by atoms with Crippen molar-refractivity contribution in [2.75, 3.05) is 13.1 Å². The fourth-order valence-corrected chi connectivity index (χ4v) is 4.52. The molecule has 1 aliphatic rings. The summed E-state index contributed by atoms with van der Waals surface area (Å²) in [4.78, 5) is 25.8. The van der Waals surface area contributed by atoms with E-state index < -0.39 is 10.8 Å². The lowest BCUT2D eigenvalue weighted by molar-refractivity contribution is -0.385. The SMILES string of the molecule is O=C(NCC(c1ccsc1)N1CCc2ccccc2C1)c1ccccc1[N+](=O)[O-]. The standard InChI is InChI=1S/C22H21N3O3S/c26-22(19-7-3-4-8-20(19)25(27)28)23-13-21(18-10-12-29-15-18)24-11-9-16-5-1-2-6-17(16)14-24/h1-8,10,12,15,21H,9,11,13-14H2,(H,23,26). The molecule has 6 nitrogen and oxygen atoms in total. The number of amides is 1. The number of benzene rings is 2. The number of nitrogens with one attached hydrogen (secondary N) is 1. The Kier molecular flexibility index (Phi) is 5.69. The van der Waals surface area contributed by atoms with E-state index in [2.05, 4.69) is 45.9 Å². The molecular weight excluding hydrogens is 386 g/mol. The first kappa shape index (κ1) is 19.3. The summed E-state index contributed by atoms with van der Waals surface area (Å²) in [6.45, 7) is 2.11. The fraction of sp³-hybridized carbons (Fsp3) is 0.227. The quantitative estimate of drug-likeness (QED) is 0.491. The number of hydrogen-bond acceptors (Lipinski definition) is 5. The molecule has 0 fully saturated rings. The van der Waals surface area contributed by atoms with Crippen LogP contribution in [0.1, 0.15) is 33.1 Å². The number of fused-ring (bicyclic) bond motifs is 1. The molecule has 7 heteroatoms. The molecule has 29 heavy (non-hydrogen) atoms. The summed E-state index contributed by atoms with van der Waals surface area (Å²) in [6, 6.07) is 16.6. The Hall–Kier alpha value is -3.03. The van der Waals surface area contributed by atoms with Crippen molar-refractivity contribution >= 4 is 22.9 Å². The van der Waals surface area contributed by atoms with Crippen LogP contribution in [0.15, 0.2) is 65.4 Å². The monoisotopic (exact) mass is 407 g/mol. The van der Waals surface area contributed by atoms with Gasteiger partial charge in [0.05, 0.1) is 11.0 Å². The maximum atomic E-state index is 12.7. The maximum absolute atomic E-state index is 12.7. The van der Waals surface area contributed by atoms with Gasteiger partial charge in [-0.15, -0.1) is 0 Å². The Morgan fingerprint density at radius 3 is 2.66 bits per heavy atom. The lowest BCUT2D eigenvalue weighted by Crippen LogP contribution is -2.40. The van der Waals surface area contributed by atoms with Gasteiger partial charge in [0.2, 0.25) is 0 Å². The lowest BCUT2D eigenvalue weighted by Gasteiger charge is -2.35. The second-order valence-electron chi connectivity index (χ2n) is 7.05. The zero-order valence-corrected chi connectivity index (χ0v) is 16.6. The van der Waals surface area contributed by atoms with Gasteiger partial charge in [-0.05, 0) is 46.0 Å². The number of thiophene rings is 1. The molecule has 1 unspecified atom stereocenters. The van der Waals surface area contributed by atoms with Crippen LogP contribution in [0.5, 0.6) is 0 Å². The summed E-state index contributed by atoms with van der Waals surface area (Å²) in [5.41, 5.74) is 3.74. The van der Waals surface area contributed by atoms with E-state index in [-0.39, 0.29) is 17.3 Å². The third kappa shape index (κ3) is 4.21. The molecule has 0 spiro atoms. The molecule has 1 aliphatic heterocycles. The molecule has 1 N–H and O–H groups in total. The predicted octanol–water partition coefficient (Wildman–Crippen LogP) is 4.19. The Bertz CT molecular complexity index is 1020. The van der Waals surface area contributed by atoms with Gasteiger partial charge in [0.1, 0.15) is 5.56 Å². The van der Waals surface area contributed by atoms with Gasteiger partial charge >= 0.3 is 0 Å². The van der Waals surface area contributed by atoms with E-state index in [0.717, 1.165) is 25.1 Å². The number of carbonyl (C=O) groups is 1. The zero-order valence-electron chi connectivity index (χ0n) is 15.8. The predicted molar refractivity (Wildman–Crippen MR) is 113 cm³/mol. The van der Waals surface area contributed by atoms with Crippen LogP contribution in [0.25, 0.3) is 0 Å². The van der Waals surface area contributed by atoms with E-state index >= 15 is 0 Å². The average molecular weight is 407 g/mol. The topological polar surface area (TPSA) is 75.5 Å². The number of nitro benzene ring substituents is 1. The summed E-state index contributed by atoms with van der Waals surface area (Å²) >= 11 is 1.63. The highest BCUT2D eigenvalue weighted by Crippen LogP contribution is 2.29. The van der Waals surface area contributed by atoms with Crippen LogP contribution in [0.4, 0.5) is 5.69 Å². The second kappa shape index (κ2) is 8.55. The molecule has 2 heterocycles. The van der Waals surface area contributed by atoms with Crippen molar-refractivity contribution < 1.29 is 9.72 Å². The van der Waals surface area contributed by atoms with Crippen LogP contribution in [0.3, 0.4) is 0 Å². The minimum Gasteiger partial charge on any atom is -0.350 e. The van der Waals surface area contributed by atoms with Crippen LogP contribution in [-0.2, 0) is 13.0 Å². The third-order valence-corrected chi connectivity index (χ3v) is 6.03. The first-order chi connectivity index (χ1) is 14.1. The van der Waals surface area contributed by atoms with Crippen molar-refractivity contribution in [2.45, 2.75) is 19.0 Å². The van der Waals surface area contributed by atoms with Crippen molar-refractivity contribution in [1.29, 1.82) is 0 Å². The zero-order chi connectivity index (χ0) is 20.2. The Morgan fingerprint density at radius 2 is 1.90 bits per heavy atom. The molecule has 3 aromatic rings. The van der Waals surface area contributed by atoms with E-state index in [1.165, 1.54) is 23.3 Å². The molecule has 1 amide bonds. The van der Waals surface area contributed by atoms with E-state index in [4.69, 9.17) is 0 Å². The van der Waals surface area contributed by atoms with Crippen molar-refractivity contribution in [3.05, 3.63) is 97.7 Å². The van der Waals surface area contributed by atoms with Gasteiger partial charge in [0, 0.05) is 25.7 Å². The molecule has 1 aromatic heterocycles. The number of para-hydroxylation sites is 1. The van der Waals surface area contributed by atoms with Gasteiger partial charge < -0.3 is 5.32 Å². The van der Waals surface area contributed by atoms with Crippen molar-refractivity contribution in [1.82, 2.24) is 10.2 Å². The number of hydrogen-bond donors (Lipinski definition) is 1. The average Bonchev–Trinajstić information content (AvgIpc) is 3.28. The summed E-state index contributed by atoms with van der Waals surface area (Å²) in [5.74, 6) is -0.421. The molecule has 0 saturated carbocycles. The van der Waals surface area contributed by atoms with E-state index in [1.807, 2.05) is 5.38 Å². The minimum atomic E-state index is -0.521. The van der Waals surface area contributed by atoms with Crippen LogP contribution >= 0.6 is 11.3 Å². The summed E-state index contributed by atoms with van der Waals surface area (Å²) < 4.78 is 0. The molecule has 4 rings (SSSR count). The number of nitrogens with zero attached hydrogens (tertiary/aromatic N) is 2. The van der Waals surface area contributed by atoms with Gasteiger partial charge in [-0.2, -0.15) is 11.3 Å². The Balaban J connectivity index is 1.52. The van der Waals surface area contributed by atoms with Gasteiger partial charge in [-0.25, -0.2) is 0 Å². The summed E-state index contributed by atoms with van der Waals surface area (Å²) in [7, 11) is 0. The van der Waals surface area contributed by atoms with Gasteiger partial charge in [-0.3, -0.25) is 19.8 Å². The van der Waals surface area contributed by atoms with Crippen molar-refractivity contribution in [2.24, 2.45) is 0 Å². The summed E-state index contributed by atoms with van der Waals surface area (Å²) in [6.07, 6.45) is 0.967. The molecule has 0 saturated heterocycles. The highest BCUT2D eigenvalue weighted by molar-refractivity contribution is 7.08. The second-order valence-corrected chi connectivity index (χ2v) is 7.83. The summed E-state index contributed by atoms with van der Waals surface area (Å²) in [5, 5.41) is 18.3. The normalized spacial score (nSPS) is 14.8. The van der Waals surface area contributed by atoms with Gasteiger partial charge in [0.15, 0.2) is 0 Å². The highest BCUT2D eigenvalue weighted by Gasteiger charge is 2.26. The van der Waals surface area contributed by atoms with Gasteiger partial charge in [-0.1, -0.05) is 36.4 Å². The van der Waals surface area contributed by atoms with Crippen molar-refractivity contribution in [3.63, 3.8) is 0 Å². The molecule has 0 aliphatic carbocycles. The smallest absolute Gasteiger partial charge is 0.282 e. The minimum absolute atomic E-state index is 0.0151. The van der Waals surface area contributed by atoms with Gasteiger partial charge in [0.25, 0.3) is 11.6 Å². The maximum Gasteiger partial charge on any atom is 0.282 e. The van der Waals surface area contributed by atoms with E-state index in [0.29, 0.717) is 6.54 Å².